The number of imidazole rings is 1. The lowest BCUT2D eigenvalue weighted by Crippen LogP contribution is -2.06. The molecule has 116 valence electrons. The lowest BCUT2D eigenvalue weighted by molar-refractivity contribution is 0.476. The molecule has 0 saturated heterocycles. The molecule has 0 radical (unpaired) electrons. The van der Waals surface area contributed by atoms with E-state index in [-0.39, 0.29) is 0 Å². The molecule has 3 rings (SSSR count). The summed E-state index contributed by atoms with van der Waals surface area (Å²) < 4.78 is 2.09. The van der Waals surface area contributed by atoms with E-state index in [0.717, 1.165) is 29.6 Å². The Morgan fingerprint density at radius 2 is 2.17 bits per heavy atom. The molecule has 6 heteroatoms. The molecule has 3 aromatic heterocycles. The second-order valence-electron chi connectivity index (χ2n) is 5.64. The fourth-order valence-electron chi connectivity index (χ4n) is 2.50. The lowest BCUT2D eigenvalue weighted by atomic mass is 10.1. The first-order valence-corrected chi connectivity index (χ1v) is 7.87. The number of rotatable bonds is 4. The number of hydrogen-bond acceptors (Lipinski definition) is 4. The summed E-state index contributed by atoms with van der Waals surface area (Å²) in [5.41, 5.74) is 3.48. The van der Waals surface area contributed by atoms with Crippen LogP contribution in [0, 0.1) is 17.2 Å². The van der Waals surface area contributed by atoms with Crippen LogP contribution in [0.15, 0.2) is 30.9 Å². The molecular formula is C17H16ClN5. The molecule has 1 unspecified atom stereocenters. The van der Waals surface area contributed by atoms with Crippen LogP contribution >= 0.6 is 11.6 Å². The highest BCUT2D eigenvalue weighted by atomic mass is 35.5. The highest BCUT2D eigenvalue weighted by Gasteiger charge is 2.15. The third kappa shape index (κ3) is 3.03. The van der Waals surface area contributed by atoms with Gasteiger partial charge in [-0.05, 0) is 12.0 Å². The minimum atomic E-state index is 0.335. The fourth-order valence-corrected chi connectivity index (χ4v) is 2.67. The highest BCUT2D eigenvalue weighted by Crippen LogP contribution is 2.29. The van der Waals surface area contributed by atoms with E-state index in [1.807, 2.05) is 0 Å². The Hall–Kier alpha value is -2.45. The van der Waals surface area contributed by atoms with Gasteiger partial charge in [0.25, 0.3) is 0 Å². The molecule has 1 atom stereocenters. The molecule has 5 nitrogen and oxygen atoms in total. The number of aromatic nitrogens is 4. The Labute approximate surface area is 139 Å². The third-order valence-electron chi connectivity index (χ3n) is 3.89. The Bertz CT molecular complexity index is 894. The first-order valence-electron chi connectivity index (χ1n) is 7.49. The summed E-state index contributed by atoms with van der Waals surface area (Å²) in [6.07, 6.45) is 6.17. The van der Waals surface area contributed by atoms with Crippen LogP contribution in [0.3, 0.4) is 0 Å². The number of hydrogen-bond donors (Lipinski definition) is 0. The molecule has 0 aliphatic carbocycles. The van der Waals surface area contributed by atoms with Gasteiger partial charge in [0, 0.05) is 30.6 Å². The van der Waals surface area contributed by atoms with Gasteiger partial charge in [-0.3, -0.25) is 4.98 Å². The molecule has 3 heterocycles. The van der Waals surface area contributed by atoms with Crippen molar-refractivity contribution in [3.05, 3.63) is 41.6 Å². The number of nitriles is 1. The zero-order chi connectivity index (χ0) is 16.4. The molecule has 0 saturated carbocycles. The quantitative estimate of drug-likeness (QED) is 0.725. The molecule has 0 spiro atoms. The van der Waals surface area contributed by atoms with Gasteiger partial charge in [-0.2, -0.15) is 5.26 Å². The van der Waals surface area contributed by atoms with E-state index in [0.29, 0.717) is 22.3 Å². The van der Waals surface area contributed by atoms with E-state index in [4.69, 9.17) is 11.6 Å². The normalized spacial score (nSPS) is 12.3. The van der Waals surface area contributed by atoms with Gasteiger partial charge in [0.05, 0.1) is 28.1 Å². The van der Waals surface area contributed by atoms with Crippen molar-refractivity contribution in [2.75, 3.05) is 0 Å². The zero-order valence-corrected chi connectivity index (χ0v) is 13.7. The summed E-state index contributed by atoms with van der Waals surface area (Å²) in [5.74, 6) is 0.522. The topological polar surface area (TPSA) is 67.4 Å². The van der Waals surface area contributed by atoms with Gasteiger partial charge in [-0.1, -0.05) is 31.9 Å². The van der Waals surface area contributed by atoms with Crippen molar-refractivity contribution in [3.63, 3.8) is 0 Å². The average molecular weight is 326 g/mol. The summed E-state index contributed by atoms with van der Waals surface area (Å²) in [7, 11) is 0. The summed E-state index contributed by atoms with van der Waals surface area (Å²) in [6.45, 7) is 5.21. The Morgan fingerprint density at radius 3 is 2.87 bits per heavy atom. The van der Waals surface area contributed by atoms with E-state index in [9.17, 15) is 5.26 Å². The molecule has 0 amide bonds. The number of pyridine rings is 2. The van der Waals surface area contributed by atoms with Crippen molar-refractivity contribution < 1.29 is 0 Å². The highest BCUT2D eigenvalue weighted by molar-refractivity contribution is 6.30. The minimum Gasteiger partial charge on any atom is -0.329 e. The molecule has 0 aliphatic rings. The maximum atomic E-state index is 9.22. The fraction of sp³-hybridized carbons (Fsp3) is 0.294. The molecule has 0 fully saturated rings. The van der Waals surface area contributed by atoms with E-state index in [2.05, 4.69) is 39.4 Å². The van der Waals surface area contributed by atoms with E-state index >= 15 is 0 Å². The molecule has 3 aromatic rings. The maximum Gasteiger partial charge on any atom is 0.143 e. The van der Waals surface area contributed by atoms with Gasteiger partial charge in [-0.15, -0.1) is 0 Å². The van der Waals surface area contributed by atoms with Gasteiger partial charge in [0.2, 0.25) is 0 Å². The molecule has 23 heavy (non-hydrogen) atoms. The lowest BCUT2D eigenvalue weighted by Gasteiger charge is -2.12. The van der Waals surface area contributed by atoms with Gasteiger partial charge >= 0.3 is 0 Å². The van der Waals surface area contributed by atoms with E-state index in [1.54, 1.807) is 30.9 Å². The van der Waals surface area contributed by atoms with Gasteiger partial charge in [0.15, 0.2) is 0 Å². The summed E-state index contributed by atoms with van der Waals surface area (Å²) in [4.78, 5) is 13.0. The zero-order valence-electron chi connectivity index (χ0n) is 13.0. The molecule has 0 aromatic carbocycles. The predicted octanol–water partition coefficient (Wildman–Crippen LogP) is 4.06. The molecular weight excluding hydrogens is 310 g/mol. The van der Waals surface area contributed by atoms with Crippen LogP contribution in [-0.2, 0) is 6.54 Å². The van der Waals surface area contributed by atoms with Crippen LogP contribution in [0.5, 0.6) is 0 Å². The second kappa shape index (κ2) is 6.35. The van der Waals surface area contributed by atoms with E-state index in [1.165, 1.54) is 0 Å². The second-order valence-corrected chi connectivity index (χ2v) is 6.07. The Balaban J connectivity index is 2.25. The van der Waals surface area contributed by atoms with Crippen molar-refractivity contribution in [1.29, 1.82) is 5.26 Å². The number of fused-ring (bicyclic) bond motifs is 1. The number of halogens is 1. The number of nitrogens with zero attached hydrogens (tertiary/aromatic N) is 5. The van der Waals surface area contributed by atoms with Gasteiger partial charge < -0.3 is 4.57 Å². The summed E-state index contributed by atoms with van der Waals surface area (Å²) >= 11 is 6.06. The summed E-state index contributed by atoms with van der Waals surface area (Å²) in [6, 6.07) is 5.61. The van der Waals surface area contributed by atoms with Crippen molar-refractivity contribution in [1.82, 2.24) is 19.5 Å². The van der Waals surface area contributed by atoms with Crippen LogP contribution in [-0.4, -0.2) is 19.5 Å². The van der Waals surface area contributed by atoms with Crippen molar-refractivity contribution in [2.45, 2.75) is 26.8 Å². The first kappa shape index (κ1) is 15.4. The van der Waals surface area contributed by atoms with Crippen molar-refractivity contribution in [3.8, 4) is 17.3 Å². The van der Waals surface area contributed by atoms with Crippen LogP contribution in [0.2, 0.25) is 5.02 Å². The Kier molecular flexibility index (Phi) is 4.26. The summed E-state index contributed by atoms with van der Waals surface area (Å²) in [5, 5.41) is 9.76. The molecule has 0 N–H and O–H groups in total. The van der Waals surface area contributed by atoms with Crippen LogP contribution in [0.4, 0.5) is 0 Å². The van der Waals surface area contributed by atoms with Crippen LogP contribution in [0.1, 0.15) is 26.0 Å². The molecule has 0 aliphatic heterocycles. The smallest absolute Gasteiger partial charge is 0.143 e. The van der Waals surface area contributed by atoms with Crippen LogP contribution < -0.4 is 0 Å². The standard InChI is InChI=1S/C17H16ClN5/c1-3-11(2)9-23-10-21-15-5-14(6-19)22-16(17(15)23)12-4-13(18)8-20-7-12/h4-5,7-8,10-11H,3,9H2,1-2H3. The van der Waals surface area contributed by atoms with Gasteiger partial charge in [0.1, 0.15) is 11.8 Å². The van der Waals surface area contributed by atoms with Crippen LogP contribution in [0.25, 0.3) is 22.3 Å². The predicted molar refractivity (Wildman–Crippen MR) is 89.9 cm³/mol. The first-order chi connectivity index (χ1) is 11.1. The maximum absolute atomic E-state index is 9.22. The third-order valence-corrected chi connectivity index (χ3v) is 4.10. The van der Waals surface area contributed by atoms with Crippen molar-refractivity contribution >= 4 is 22.6 Å². The van der Waals surface area contributed by atoms with E-state index < -0.39 is 0 Å². The average Bonchev–Trinajstić information content (AvgIpc) is 2.96. The van der Waals surface area contributed by atoms with Gasteiger partial charge in [-0.25, -0.2) is 9.97 Å². The minimum absolute atomic E-state index is 0.335. The SMILES string of the molecule is CCC(C)Cn1cnc2cc(C#N)nc(-c3cncc(Cl)c3)c21. The Morgan fingerprint density at radius 1 is 1.35 bits per heavy atom. The van der Waals surface area contributed by atoms with Crippen molar-refractivity contribution in [2.24, 2.45) is 5.92 Å². The molecule has 0 bridgehead atoms. The monoisotopic (exact) mass is 325 g/mol. The largest absolute Gasteiger partial charge is 0.329 e.